The summed E-state index contributed by atoms with van der Waals surface area (Å²) in [6, 6.07) is 12.0. The van der Waals surface area contributed by atoms with E-state index >= 15 is 0 Å². The van der Waals surface area contributed by atoms with Gasteiger partial charge in [-0.3, -0.25) is 5.73 Å². The van der Waals surface area contributed by atoms with Crippen LogP contribution in [-0.2, 0) is 6.42 Å². The SMILES string of the molecule is CC([NH])Cc1ccc(Cl)c2ccccc12. The zero-order valence-corrected chi connectivity index (χ0v) is 9.38. The Morgan fingerprint density at radius 3 is 2.47 bits per heavy atom. The molecule has 1 N–H and O–H groups in total. The van der Waals surface area contributed by atoms with Gasteiger partial charge in [0.25, 0.3) is 0 Å². The van der Waals surface area contributed by atoms with Crippen molar-refractivity contribution in [2.24, 2.45) is 0 Å². The molecule has 0 aliphatic carbocycles. The van der Waals surface area contributed by atoms with Crippen molar-refractivity contribution in [3.63, 3.8) is 0 Å². The van der Waals surface area contributed by atoms with Gasteiger partial charge in [-0.05, 0) is 30.4 Å². The van der Waals surface area contributed by atoms with Gasteiger partial charge in [-0.1, -0.05) is 41.9 Å². The summed E-state index contributed by atoms with van der Waals surface area (Å²) in [6.07, 6.45) is 0.775. The maximum Gasteiger partial charge on any atom is 0.0484 e. The van der Waals surface area contributed by atoms with Crippen LogP contribution in [0.1, 0.15) is 12.5 Å². The van der Waals surface area contributed by atoms with Crippen LogP contribution in [0.3, 0.4) is 0 Å². The first kappa shape index (κ1) is 10.5. The van der Waals surface area contributed by atoms with Crippen molar-refractivity contribution in [3.8, 4) is 0 Å². The van der Waals surface area contributed by atoms with Gasteiger partial charge in [-0.2, -0.15) is 0 Å². The smallest absolute Gasteiger partial charge is 0.0484 e. The molecule has 0 saturated heterocycles. The fraction of sp³-hybridized carbons (Fsp3) is 0.231. The number of hydrogen-bond acceptors (Lipinski definition) is 0. The molecule has 0 aliphatic heterocycles. The monoisotopic (exact) mass is 218 g/mol. The van der Waals surface area contributed by atoms with Crippen LogP contribution in [-0.4, -0.2) is 6.04 Å². The summed E-state index contributed by atoms with van der Waals surface area (Å²) in [5.74, 6) is 0. The van der Waals surface area contributed by atoms with Crippen LogP contribution in [0.15, 0.2) is 36.4 Å². The van der Waals surface area contributed by atoms with Crippen LogP contribution in [0.25, 0.3) is 10.8 Å². The molecule has 0 amide bonds. The van der Waals surface area contributed by atoms with Gasteiger partial charge >= 0.3 is 0 Å². The fourth-order valence-corrected chi connectivity index (χ4v) is 2.06. The van der Waals surface area contributed by atoms with Gasteiger partial charge in [0.15, 0.2) is 0 Å². The molecule has 0 aliphatic rings. The van der Waals surface area contributed by atoms with Gasteiger partial charge < -0.3 is 0 Å². The first-order valence-electron chi connectivity index (χ1n) is 5.05. The van der Waals surface area contributed by atoms with Crippen molar-refractivity contribution in [2.75, 3.05) is 0 Å². The predicted octanol–water partition coefficient (Wildman–Crippen LogP) is 3.71. The molecule has 0 saturated carbocycles. The van der Waals surface area contributed by atoms with Crippen molar-refractivity contribution in [2.45, 2.75) is 19.4 Å². The van der Waals surface area contributed by atoms with Gasteiger partial charge in [0.1, 0.15) is 0 Å². The van der Waals surface area contributed by atoms with E-state index in [0.717, 1.165) is 16.8 Å². The first-order chi connectivity index (χ1) is 7.18. The molecule has 1 nitrogen and oxygen atoms in total. The minimum absolute atomic E-state index is 0.0745. The lowest BCUT2D eigenvalue weighted by Gasteiger charge is -2.09. The maximum atomic E-state index is 7.61. The molecular formula is C13H13ClN. The third-order valence-electron chi connectivity index (χ3n) is 2.49. The van der Waals surface area contributed by atoms with Gasteiger partial charge in [-0.15, -0.1) is 0 Å². The Balaban J connectivity index is 2.61. The molecule has 1 radical (unpaired) electrons. The molecule has 0 bridgehead atoms. The predicted molar refractivity (Wildman–Crippen MR) is 65.2 cm³/mol. The molecule has 2 rings (SSSR count). The molecule has 0 spiro atoms. The number of halogens is 1. The van der Waals surface area contributed by atoms with E-state index in [0.29, 0.717) is 0 Å². The Labute approximate surface area is 94.9 Å². The molecule has 15 heavy (non-hydrogen) atoms. The summed E-state index contributed by atoms with van der Waals surface area (Å²) in [5.41, 5.74) is 8.82. The summed E-state index contributed by atoms with van der Waals surface area (Å²) in [6.45, 7) is 1.91. The summed E-state index contributed by atoms with van der Waals surface area (Å²) < 4.78 is 0. The van der Waals surface area contributed by atoms with Crippen LogP contribution in [0.4, 0.5) is 0 Å². The molecular weight excluding hydrogens is 206 g/mol. The van der Waals surface area contributed by atoms with E-state index in [-0.39, 0.29) is 6.04 Å². The van der Waals surface area contributed by atoms with Gasteiger partial charge in [0.05, 0.1) is 0 Å². The second-order valence-electron chi connectivity index (χ2n) is 3.86. The van der Waals surface area contributed by atoms with E-state index in [9.17, 15) is 0 Å². The number of hydrogen-bond donors (Lipinski definition) is 0. The van der Waals surface area contributed by atoms with Gasteiger partial charge in [0, 0.05) is 16.5 Å². The number of rotatable bonds is 2. The Kier molecular flexibility index (Phi) is 2.94. The first-order valence-corrected chi connectivity index (χ1v) is 5.43. The van der Waals surface area contributed by atoms with E-state index in [1.54, 1.807) is 0 Å². The van der Waals surface area contributed by atoms with Crippen molar-refractivity contribution in [3.05, 3.63) is 47.0 Å². The van der Waals surface area contributed by atoms with E-state index < -0.39 is 0 Å². The Morgan fingerprint density at radius 2 is 1.80 bits per heavy atom. The molecule has 1 atom stereocenters. The second kappa shape index (κ2) is 4.21. The third kappa shape index (κ3) is 2.14. The molecule has 1 unspecified atom stereocenters. The number of fused-ring (bicyclic) bond motifs is 1. The summed E-state index contributed by atoms with van der Waals surface area (Å²) in [5, 5.41) is 3.04. The van der Waals surface area contributed by atoms with Crippen molar-refractivity contribution < 1.29 is 0 Å². The highest BCUT2D eigenvalue weighted by Crippen LogP contribution is 2.26. The third-order valence-corrected chi connectivity index (χ3v) is 2.82. The second-order valence-corrected chi connectivity index (χ2v) is 4.26. The molecule has 2 heteroatoms. The van der Waals surface area contributed by atoms with Crippen LogP contribution >= 0.6 is 11.6 Å². The number of nitrogens with one attached hydrogen (secondary N) is 1. The molecule has 2 aromatic carbocycles. The van der Waals surface area contributed by atoms with Crippen molar-refractivity contribution >= 4 is 22.4 Å². The van der Waals surface area contributed by atoms with Crippen LogP contribution < -0.4 is 5.73 Å². The van der Waals surface area contributed by atoms with Crippen LogP contribution in [0, 0.1) is 0 Å². The molecule has 0 aromatic heterocycles. The average molecular weight is 219 g/mol. The van der Waals surface area contributed by atoms with Crippen LogP contribution in [0.2, 0.25) is 5.02 Å². The zero-order chi connectivity index (χ0) is 10.8. The Morgan fingerprint density at radius 1 is 1.13 bits per heavy atom. The normalized spacial score (nSPS) is 13.0. The minimum atomic E-state index is -0.0745. The lowest BCUT2D eigenvalue weighted by molar-refractivity contribution is 0.718. The van der Waals surface area contributed by atoms with Gasteiger partial charge in [-0.25, -0.2) is 0 Å². The minimum Gasteiger partial charge on any atom is -0.254 e. The van der Waals surface area contributed by atoms with Gasteiger partial charge in [0.2, 0.25) is 0 Å². The van der Waals surface area contributed by atoms with E-state index in [1.165, 1.54) is 10.9 Å². The highest BCUT2D eigenvalue weighted by Gasteiger charge is 2.05. The number of benzene rings is 2. The van der Waals surface area contributed by atoms with E-state index in [2.05, 4.69) is 6.07 Å². The van der Waals surface area contributed by atoms with Crippen molar-refractivity contribution in [1.82, 2.24) is 5.73 Å². The zero-order valence-electron chi connectivity index (χ0n) is 8.63. The fourth-order valence-electron chi connectivity index (χ4n) is 1.83. The molecule has 77 valence electrons. The maximum absolute atomic E-state index is 7.61. The lowest BCUT2D eigenvalue weighted by atomic mass is 10.00. The standard InChI is InChI=1S/C13H13ClN/c1-9(15)8-10-6-7-13(14)12-5-3-2-4-11(10)12/h2-7,9,15H,8H2,1H3. The summed E-state index contributed by atoms with van der Waals surface area (Å²) in [7, 11) is 0. The summed E-state index contributed by atoms with van der Waals surface area (Å²) in [4.78, 5) is 0. The lowest BCUT2D eigenvalue weighted by Crippen LogP contribution is -2.06. The topological polar surface area (TPSA) is 23.8 Å². The van der Waals surface area contributed by atoms with E-state index in [4.69, 9.17) is 17.3 Å². The summed E-state index contributed by atoms with van der Waals surface area (Å²) >= 11 is 6.12. The van der Waals surface area contributed by atoms with Crippen molar-refractivity contribution in [1.29, 1.82) is 0 Å². The van der Waals surface area contributed by atoms with Crippen LogP contribution in [0.5, 0.6) is 0 Å². The Bertz CT molecular complexity index is 477. The molecule has 0 heterocycles. The quantitative estimate of drug-likeness (QED) is 0.734. The largest absolute Gasteiger partial charge is 0.254 e. The highest BCUT2D eigenvalue weighted by atomic mass is 35.5. The molecule has 0 fully saturated rings. The highest BCUT2D eigenvalue weighted by molar-refractivity contribution is 6.35. The molecule has 2 aromatic rings. The van der Waals surface area contributed by atoms with E-state index in [1.807, 2.05) is 37.3 Å². The average Bonchev–Trinajstić information content (AvgIpc) is 2.22. The Hall–Kier alpha value is -1.05.